The number of likely N-dealkylation sites (tertiary alicyclic amines) is 1. The molecule has 21 heavy (non-hydrogen) atoms. The van der Waals surface area contributed by atoms with Crippen LogP contribution in [0.25, 0.3) is 0 Å². The van der Waals surface area contributed by atoms with Crippen molar-refractivity contribution in [3.05, 3.63) is 0 Å². The topological polar surface area (TPSA) is 69.6 Å². The third-order valence-electron chi connectivity index (χ3n) is 5.09. The molecule has 118 valence electrons. The lowest BCUT2D eigenvalue weighted by Gasteiger charge is -2.34. The summed E-state index contributed by atoms with van der Waals surface area (Å²) in [6.07, 6.45) is 7.13. The molecule has 3 aliphatic rings. The van der Waals surface area contributed by atoms with E-state index in [0.29, 0.717) is 6.54 Å². The largest absolute Gasteiger partial charge is 0.391 e. The standard InChI is InChI=1S/C16H26N2O3/c19-14-6-2-1-5-13(14)17-15(20)12-4-3-9-18(10-12)16(21)11-7-8-11/h11-14,19H,1-10H2,(H,17,20). The fourth-order valence-electron chi connectivity index (χ4n) is 3.56. The molecule has 3 unspecified atom stereocenters. The molecular weight excluding hydrogens is 268 g/mol. The van der Waals surface area contributed by atoms with Gasteiger partial charge in [-0.3, -0.25) is 9.59 Å². The maximum absolute atomic E-state index is 12.4. The number of nitrogens with one attached hydrogen (secondary N) is 1. The van der Waals surface area contributed by atoms with Crippen LogP contribution in [0.3, 0.4) is 0 Å². The van der Waals surface area contributed by atoms with Gasteiger partial charge in [0.15, 0.2) is 0 Å². The molecule has 1 aliphatic heterocycles. The van der Waals surface area contributed by atoms with Gasteiger partial charge in [-0.05, 0) is 38.5 Å². The highest BCUT2D eigenvalue weighted by Crippen LogP contribution is 2.32. The van der Waals surface area contributed by atoms with Crippen molar-refractivity contribution in [2.24, 2.45) is 11.8 Å². The zero-order valence-corrected chi connectivity index (χ0v) is 12.6. The van der Waals surface area contributed by atoms with Crippen molar-refractivity contribution in [2.75, 3.05) is 13.1 Å². The van der Waals surface area contributed by atoms with Gasteiger partial charge < -0.3 is 15.3 Å². The molecule has 1 heterocycles. The number of rotatable bonds is 3. The highest BCUT2D eigenvalue weighted by Gasteiger charge is 2.37. The molecule has 3 rings (SSSR count). The van der Waals surface area contributed by atoms with E-state index in [9.17, 15) is 14.7 Å². The number of hydrogen-bond acceptors (Lipinski definition) is 3. The first-order valence-corrected chi connectivity index (χ1v) is 8.42. The van der Waals surface area contributed by atoms with E-state index in [1.165, 1.54) is 0 Å². The summed E-state index contributed by atoms with van der Waals surface area (Å²) >= 11 is 0. The van der Waals surface area contributed by atoms with Crippen molar-refractivity contribution in [3.63, 3.8) is 0 Å². The summed E-state index contributed by atoms with van der Waals surface area (Å²) in [4.78, 5) is 26.4. The van der Waals surface area contributed by atoms with E-state index in [1.54, 1.807) is 0 Å². The minimum atomic E-state index is -0.407. The number of piperidine rings is 1. The number of aliphatic hydroxyl groups excluding tert-OH is 1. The first-order chi connectivity index (χ1) is 10.1. The Labute approximate surface area is 126 Å². The fraction of sp³-hybridized carbons (Fsp3) is 0.875. The zero-order chi connectivity index (χ0) is 14.8. The second-order valence-electron chi connectivity index (χ2n) is 6.86. The number of carbonyl (C=O) groups is 2. The van der Waals surface area contributed by atoms with Gasteiger partial charge in [-0.2, -0.15) is 0 Å². The van der Waals surface area contributed by atoms with E-state index in [0.717, 1.165) is 57.9 Å². The van der Waals surface area contributed by atoms with Gasteiger partial charge in [-0.15, -0.1) is 0 Å². The predicted molar refractivity (Wildman–Crippen MR) is 78.4 cm³/mol. The number of amides is 2. The lowest BCUT2D eigenvalue weighted by molar-refractivity contribution is -0.137. The Morgan fingerprint density at radius 1 is 0.952 bits per heavy atom. The summed E-state index contributed by atoms with van der Waals surface area (Å²) in [6, 6.07) is -0.0965. The molecule has 3 atom stereocenters. The minimum Gasteiger partial charge on any atom is -0.391 e. The summed E-state index contributed by atoms with van der Waals surface area (Å²) in [5, 5.41) is 13.0. The lowest BCUT2D eigenvalue weighted by atomic mass is 9.91. The van der Waals surface area contributed by atoms with Gasteiger partial charge in [0.2, 0.25) is 11.8 Å². The number of nitrogens with zero attached hydrogens (tertiary/aromatic N) is 1. The Hall–Kier alpha value is -1.10. The van der Waals surface area contributed by atoms with Gasteiger partial charge in [0, 0.05) is 19.0 Å². The molecule has 0 aromatic rings. The van der Waals surface area contributed by atoms with Gasteiger partial charge in [-0.1, -0.05) is 12.8 Å². The third kappa shape index (κ3) is 3.57. The molecule has 3 fully saturated rings. The van der Waals surface area contributed by atoms with E-state index < -0.39 is 6.10 Å². The SMILES string of the molecule is O=C(NC1CCCCC1O)C1CCCN(C(=O)C2CC2)C1. The van der Waals surface area contributed by atoms with Crippen LogP contribution in [0.15, 0.2) is 0 Å². The molecule has 2 amide bonds. The van der Waals surface area contributed by atoms with Gasteiger partial charge in [0.05, 0.1) is 18.1 Å². The minimum absolute atomic E-state index is 0.0225. The average Bonchev–Trinajstić information content (AvgIpc) is 3.34. The molecule has 2 saturated carbocycles. The molecule has 5 nitrogen and oxygen atoms in total. The summed E-state index contributed by atoms with van der Waals surface area (Å²) in [5.74, 6) is 0.391. The van der Waals surface area contributed by atoms with Crippen LogP contribution in [0.2, 0.25) is 0 Å². The highest BCUT2D eigenvalue weighted by molar-refractivity contribution is 5.83. The summed E-state index contributed by atoms with van der Waals surface area (Å²) < 4.78 is 0. The first-order valence-electron chi connectivity index (χ1n) is 8.42. The molecular formula is C16H26N2O3. The summed E-state index contributed by atoms with van der Waals surface area (Å²) in [7, 11) is 0. The van der Waals surface area contributed by atoms with Crippen LogP contribution in [0, 0.1) is 11.8 Å². The Morgan fingerprint density at radius 3 is 2.43 bits per heavy atom. The molecule has 0 bridgehead atoms. The van der Waals surface area contributed by atoms with Gasteiger partial charge in [-0.25, -0.2) is 0 Å². The zero-order valence-electron chi connectivity index (χ0n) is 12.6. The Kier molecular flexibility index (Phi) is 4.48. The van der Waals surface area contributed by atoms with Crippen LogP contribution >= 0.6 is 0 Å². The van der Waals surface area contributed by atoms with E-state index in [4.69, 9.17) is 0 Å². The van der Waals surface area contributed by atoms with E-state index in [2.05, 4.69) is 5.32 Å². The normalized spacial score (nSPS) is 33.6. The molecule has 5 heteroatoms. The van der Waals surface area contributed by atoms with Crippen molar-refractivity contribution >= 4 is 11.8 Å². The monoisotopic (exact) mass is 294 g/mol. The number of aliphatic hydroxyl groups is 1. The average molecular weight is 294 g/mol. The maximum atomic E-state index is 12.4. The Morgan fingerprint density at radius 2 is 1.71 bits per heavy atom. The van der Waals surface area contributed by atoms with Gasteiger partial charge in [0.1, 0.15) is 0 Å². The second-order valence-corrected chi connectivity index (χ2v) is 6.86. The Balaban J connectivity index is 1.52. The van der Waals surface area contributed by atoms with Crippen molar-refractivity contribution in [1.82, 2.24) is 10.2 Å². The fourth-order valence-corrected chi connectivity index (χ4v) is 3.56. The molecule has 2 aliphatic carbocycles. The van der Waals surface area contributed by atoms with Crippen molar-refractivity contribution in [1.29, 1.82) is 0 Å². The van der Waals surface area contributed by atoms with E-state index >= 15 is 0 Å². The number of carbonyl (C=O) groups excluding carboxylic acids is 2. The molecule has 1 saturated heterocycles. The van der Waals surface area contributed by atoms with Crippen molar-refractivity contribution in [2.45, 2.75) is 63.5 Å². The van der Waals surface area contributed by atoms with Crippen LogP contribution in [0.5, 0.6) is 0 Å². The van der Waals surface area contributed by atoms with Gasteiger partial charge >= 0.3 is 0 Å². The molecule has 0 aromatic heterocycles. The van der Waals surface area contributed by atoms with E-state index in [-0.39, 0.29) is 29.7 Å². The Bertz CT molecular complexity index is 408. The second kappa shape index (κ2) is 6.34. The summed E-state index contributed by atoms with van der Waals surface area (Å²) in [6.45, 7) is 1.36. The highest BCUT2D eigenvalue weighted by atomic mass is 16.3. The lowest BCUT2D eigenvalue weighted by Crippen LogP contribution is -2.51. The van der Waals surface area contributed by atoms with Crippen LogP contribution in [-0.4, -0.2) is 47.1 Å². The summed E-state index contributed by atoms with van der Waals surface area (Å²) in [5.41, 5.74) is 0. The third-order valence-corrected chi connectivity index (χ3v) is 5.09. The molecule has 2 N–H and O–H groups in total. The molecule has 0 spiro atoms. The van der Waals surface area contributed by atoms with E-state index in [1.807, 2.05) is 4.90 Å². The van der Waals surface area contributed by atoms with Gasteiger partial charge in [0.25, 0.3) is 0 Å². The smallest absolute Gasteiger partial charge is 0.225 e. The molecule has 0 radical (unpaired) electrons. The number of hydrogen-bond donors (Lipinski definition) is 2. The first kappa shape index (κ1) is 14.8. The molecule has 0 aromatic carbocycles. The van der Waals surface area contributed by atoms with Crippen LogP contribution in [-0.2, 0) is 9.59 Å². The predicted octanol–water partition coefficient (Wildman–Crippen LogP) is 1.05. The van der Waals surface area contributed by atoms with Crippen LogP contribution in [0.1, 0.15) is 51.4 Å². The van der Waals surface area contributed by atoms with Crippen molar-refractivity contribution in [3.8, 4) is 0 Å². The van der Waals surface area contributed by atoms with Crippen LogP contribution < -0.4 is 5.32 Å². The quantitative estimate of drug-likeness (QED) is 0.817. The maximum Gasteiger partial charge on any atom is 0.225 e. The van der Waals surface area contributed by atoms with Crippen LogP contribution in [0.4, 0.5) is 0 Å². The van der Waals surface area contributed by atoms with Crippen molar-refractivity contribution < 1.29 is 14.7 Å².